The van der Waals surface area contributed by atoms with Gasteiger partial charge in [0.05, 0.1) is 10.6 Å². The molecule has 0 amide bonds. The minimum atomic E-state index is -3.30. The molecule has 0 spiro atoms. The van der Waals surface area contributed by atoms with Gasteiger partial charge in [-0.1, -0.05) is 45.2 Å². The summed E-state index contributed by atoms with van der Waals surface area (Å²) in [5.74, 6) is 0.430. The maximum atomic E-state index is 12.7. The average Bonchev–Trinajstić information content (AvgIpc) is 2.53. The molecule has 0 heterocycles. The van der Waals surface area contributed by atoms with Gasteiger partial charge >= 0.3 is 0 Å². The number of aliphatic hydroxyl groups excluding tert-OH is 1. The van der Waals surface area contributed by atoms with Gasteiger partial charge in [-0.25, -0.2) is 8.42 Å². The van der Waals surface area contributed by atoms with Crippen LogP contribution in [0.3, 0.4) is 0 Å². The van der Waals surface area contributed by atoms with Crippen LogP contribution in [0.1, 0.15) is 64.0 Å². The molecule has 132 valence electrons. The van der Waals surface area contributed by atoms with E-state index in [2.05, 4.69) is 13.8 Å². The monoisotopic (exact) mass is 341 g/mol. The summed E-state index contributed by atoms with van der Waals surface area (Å²) in [6.45, 7) is 4.22. The number of unbranched alkanes of at least 4 members (excludes halogenated alkanes) is 1. The molecule has 0 saturated heterocycles. The molecular weight excluding hydrogens is 310 g/mol. The molecule has 4 nitrogen and oxygen atoms in total. The van der Waals surface area contributed by atoms with E-state index < -0.39 is 9.84 Å². The largest absolute Gasteiger partial charge is 0.396 e. The molecule has 0 fully saturated rings. The summed E-state index contributed by atoms with van der Waals surface area (Å²) in [5, 5.41) is 8.99. The number of sulfone groups is 1. The standard InChI is InChI=1S/C18H31NO3S/c1-3-5-8-15(7-4-2)14-23(21,22)17-10-6-9-16(13-17)18(19)11-12-20/h6,9-10,13,15,18,20H,3-5,7-8,11-12,14,19H2,1-2H3/t15-,18+/m0/s1. The van der Waals surface area contributed by atoms with Crippen molar-refractivity contribution >= 4 is 9.84 Å². The first kappa shape index (κ1) is 20.1. The molecule has 0 aliphatic rings. The molecule has 0 unspecified atom stereocenters. The van der Waals surface area contributed by atoms with Crippen LogP contribution in [0.15, 0.2) is 29.2 Å². The van der Waals surface area contributed by atoms with Crippen molar-refractivity contribution in [2.45, 2.75) is 63.3 Å². The SMILES string of the molecule is CCCC[C@H](CCC)CS(=O)(=O)c1cccc([C@H](N)CCO)c1. The Kier molecular flexibility index (Phi) is 8.81. The fourth-order valence-corrected chi connectivity index (χ4v) is 4.61. The van der Waals surface area contributed by atoms with Gasteiger partial charge in [0.15, 0.2) is 9.84 Å². The number of nitrogens with two attached hydrogens (primary N) is 1. The number of rotatable bonds is 11. The smallest absolute Gasteiger partial charge is 0.178 e. The van der Waals surface area contributed by atoms with E-state index in [1.165, 1.54) is 0 Å². The molecule has 1 aromatic carbocycles. The predicted molar refractivity (Wildman–Crippen MR) is 95.0 cm³/mol. The van der Waals surface area contributed by atoms with E-state index >= 15 is 0 Å². The van der Waals surface area contributed by atoms with Crippen LogP contribution in [0.2, 0.25) is 0 Å². The molecule has 0 bridgehead atoms. The zero-order valence-corrected chi connectivity index (χ0v) is 15.2. The van der Waals surface area contributed by atoms with Gasteiger partial charge in [0.1, 0.15) is 0 Å². The molecular formula is C18H31NO3S. The lowest BCUT2D eigenvalue weighted by Gasteiger charge is -2.17. The van der Waals surface area contributed by atoms with Gasteiger partial charge in [-0.05, 0) is 42.9 Å². The van der Waals surface area contributed by atoms with Crippen molar-refractivity contribution in [1.82, 2.24) is 0 Å². The number of benzene rings is 1. The Labute approximate surface area is 141 Å². The van der Waals surface area contributed by atoms with Crippen LogP contribution < -0.4 is 5.73 Å². The summed E-state index contributed by atoms with van der Waals surface area (Å²) >= 11 is 0. The molecule has 0 saturated carbocycles. The van der Waals surface area contributed by atoms with Crippen LogP contribution in [0.4, 0.5) is 0 Å². The van der Waals surface area contributed by atoms with Crippen LogP contribution in [-0.4, -0.2) is 25.9 Å². The zero-order chi connectivity index (χ0) is 17.3. The molecule has 5 heteroatoms. The second-order valence-electron chi connectivity index (χ2n) is 6.27. The third-order valence-corrected chi connectivity index (χ3v) is 6.09. The molecule has 3 N–H and O–H groups in total. The van der Waals surface area contributed by atoms with Crippen molar-refractivity contribution in [1.29, 1.82) is 0 Å². The number of hydrogen-bond acceptors (Lipinski definition) is 4. The van der Waals surface area contributed by atoms with Crippen molar-refractivity contribution in [2.75, 3.05) is 12.4 Å². The van der Waals surface area contributed by atoms with E-state index in [-0.39, 0.29) is 24.3 Å². The van der Waals surface area contributed by atoms with Crippen LogP contribution >= 0.6 is 0 Å². The van der Waals surface area contributed by atoms with Gasteiger partial charge < -0.3 is 10.8 Å². The lowest BCUT2D eigenvalue weighted by atomic mass is 9.99. The summed E-state index contributed by atoms with van der Waals surface area (Å²) < 4.78 is 25.4. The van der Waals surface area contributed by atoms with Crippen LogP contribution in [0, 0.1) is 5.92 Å². The van der Waals surface area contributed by atoms with E-state index in [0.717, 1.165) is 37.7 Å². The van der Waals surface area contributed by atoms with E-state index in [1.807, 2.05) is 6.07 Å². The number of aliphatic hydroxyl groups is 1. The highest BCUT2D eigenvalue weighted by molar-refractivity contribution is 7.91. The van der Waals surface area contributed by atoms with Gasteiger partial charge in [0.25, 0.3) is 0 Å². The normalized spacial score (nSPS) is 14.6. The summed E-state index contributed by atoms with van der Waals surface area (Å²) in [6, 6.07) is 6.54. The van der Waals surface area contributed by atoms with Crippen molar-refractivity contribution in [2.24, 2.45) is 11.7 Å². The van der Waals surface area contributed by atoms with Gasteiger partial charge in [0.2, 0.25) is 0 Å². The van der Waals surface area contributed by atoms with Crippen molar-refractivity contribution in [3.8, 4) is 0 Å². The third kappa shape index (κ3) is 6.61. The van der Waals surface area contributed by atoms with E-state index in [4.69, 9.17) is 10.8 Å². The fraction of sp³-hybridized carbons (Fsp3) is 0.667. The van der Waals surface area contributed by atoms with Crippen LogP contribution in [0.25, 0.3) is 0 Å². The molecule has 0 aliphatic carbocycles. The van der Waals surface area contributed by atoms with Crippen molar-refractivity contribution in [3.63, 3.8) is 0 Å². The molecule has 0 aliphatic heterocycles. The van der Waals surface area contributed by atoms with Gasteiger partial charge in [-0.2, -0.15) is 0 Å². The van der Waals surface area contributed by atoms with E-state index in [0.29, 0.717) is 11.3 Å². The molecule has 2 atom stereocenters. The second kappa shape index (κ2) is 10.1. The fourth-order valence-electron chi connectivity index (χ4n) is 2.86. The first-order valence-corrected chi connectivity index (χ1v) is 10.3. The summed E-state index contributed by atoms with van der Waals surface area (Å²) in [4.78, 5) is 0.348. The molecule has 1 rings (SSSR count). The topological polar surface area (TPSA) is 80.4 Å². The Morgan fingerprint density at radius 1 is 1.13 bits per heavy atom. The summed E-state index contributed by atoms with van der Waals surface area (Å²) in [7, 11) is -3.30. The maximum Gasteiger partial charge on any atom is 0.178 e. The van der Waals surface area contributed by atoms with Gasteiger partial charge in [-0.15, -0.1) is 0 Å². The highest BCUT2D eigenvalue weighted by Crippen LogP contribution is 2.24. The Bertz CT molecular complexity index is 557. The van der Waals surface area contributed by atoms with E-state index in [1.54, 1.807) is 18.2 Å². The first-order valence-electron chi connectivity index (χ1n) is 8.63. The highest BCUT2D eigenvalue weighted by atomic mass is 32.2. The molecule has 23 heavy (non-hydrogen) atoms. The Hall–Kier alpha value is -0.910. The molecule has 0 radical (unpaired) electrons. The van der Waals surface area contributed by atoms with Gasteiger partial charge in [0, 0.05) is 12.6 Å². The Morgan fingerprint density at radius 2 is 1.87 bits per heavy atom. The summed E-state index contributed by atoms with van der Waals surface area (Å²) in [6.07, 6.45) is 5.51. The number of hydrogen-bond donors (Lipinski definition) is 2. The highest BCUT2D eigenvalue weighted by Gasteiger charge is 2.21. The lowest BCUT2D eigenvalue weighted by Crippen LogP contribution is -2.18. The summed E-state index contributed by atoms with van der Waals surface area (Å²) in [5.41, 5.74) is 6.74. The first-order chi connectivity index (χ1) is 10.9. The van der Waals surface area contributed by atoms with Crippen molar-refractivity contribution < 1.29 is 13.5 Å². The predicted octanol–water partition coefficient (Wildman–Crippen LogP) is 3.45. The minimum absolute atomic E-state index is 0.00621. The van der Waals surface area contributed by atoms with Crippen LogP contribution in [-0.2, 0) is 9.84 Å². The quantitative estimate of drug-likeness (QED) is 0.646. The van der Waals surface area contributed by atoms with Crippen molar-refractivity contribution in [3.05, 3.63) is 29.8 Å². The molecule has 0 aromatic heterocycles. The lowest BCUT2D eigenvalue weighted by molar-refractivity contribution is 0.276. The molecule has 1 aromatic rings. The minimum Gasteiger partial charge on any atom is -0.396 e. The maximum absolute atomic E-state index is 12.7. The van der Waals surface area contributed by atoms with E-state index in [9.17, 15) is 8.42 Å². The van der Waals surface area contributed by atoms with Gasteiger partial charge in [-0.3, -0.25) is 0 Å². The second-order valence-corrected chi connectivity index (χ2v) is 8.30. The average molecular weight is 342 g/mol. The Morgan fingerprint density at radius 3 is 2.48 bits per heavy atom. The zero-order valence-electron chi connectivity index (χ0n) is 14.4. The Balaban J connectivity index is 2.91. The van der Waals surface area contributed by atoms with Crippen LogP contribution in [0.5, 0.6) is 0 Å². The third-order valence-electron chi connectivity index (χ3n) is 4.20.